The van der Waals surface area contributed by atoms with Gasteiger partial charge in [-0.1, -0.05) is 20.8 Å². The predicted molar refractivity (Wildman–Crippen MR) is 101 cm³/mol. The van der Waals surface area contributed by atoms with Crippen molar-refractivity contribution in [2.45, 2.75) is 53.5 Å². The summed E-state index contributed by atoms with van der Waals surface area (Å²) in [5.41, 5.74) is 2.51. The summed E-state index contributed by atoms with van der Waals surface area (Å²) in [6.45, 7) is 11.8. The minimum atomic E-state index is -0.314. The molecule has 0 unspecified atom stereocenters. The van der Waals surface area contributed by atoms with Crippen LogP contribution in [0.15, 0.2) is 24.8 Å². The van der Waals surface area contributed by atoms with Gasteiger partial charge in [0.15, 0.2) is 0 Å². The van der Waals surface area contributed by atoms with Crippen LogP contribution in [0.4, 0.5) is 0 Å². The summed E-state index contributed by atoms with van der Waals surface area (Å²) in [4.78, 5) is 23.6. The molecule has 0 N–H and O–H groups in total. The summed E-state index contributed by atoms with van der Waals surface area (Å²) in [6, 6.07) is 0.324. The van der Waals surface area contributed by atoms with Crippen molar-refractivity contribution >= 4 is 5.91 Å². The second-order valence-electron chi connectivity index (χ2n) is 8.56. The minimum absolute atomic E-state index is 0.237. The zero-order valence-electron chi connectivity index (χ0n) is 16.4. The summed E-state index contributed by atoms with van der Waals surface area (Å²) < 4.78 is 1.93. The van der Waals surface area contributed by atoms with Gasteiger partial charge in [-0.15, -0.1) is 0 Å². The molecule has 6 nitrogen and oxygen atoms in total. The van der Waals surface area contributed by atoms with Crippen molar-refractivity contribution in [2.75, 3.05) is 13.1 Å². The SMILES string of the molecule is CC(C)n1cc(-c2cncc(C[C@@H]3CCN(C(=O)C(C)(C)C)C3)n2)cn1. The Balaban J connectivity index is 1.67. The molecule has 1 fully saturated rings. The summed E-state index contributed by atoms with van der Waals surface area (Å²) in [5, 5.41) is 4.38. The molecular formula is C20H29N5O. The van der Waals surface area contributed by atoms with Crippen LogP contribution in [0, 0.1) is 11.3 Å². The molecule has 0 radical (unpaired) electrons. The van der Waals surface area contributed by atoms with Gasteiger partial charge in [-0.25, -0.2) is 4.98 Å². The Morgan fingerprint density at radius 3 is 2.69 bits per heavy atom. The number of carbonyl (C=O) groups excluding carboxylic acids is 1. The first-order chi connectivity index (χ1) is 12.2. The maximum Gasteiger partial charge on any atom is 0.227 e. The molecule has 26 heavy (non-hydrogen) atoms. The highest BCUT2D eigenvalue weighted by atomic mass is 16.2. The number of hydrogen-bond acceptors (Lipinski definition) is 4. The fourth-order valence-corrected chi connectivity index (χ4v) is 3.35. The van der Waals surface area contributed by atoms with Crippen LogP contribution in [0.1, 0.15) is 52.8 Å². The maximum absolute atomic E-state index is 12.4. The van der Waals surface area contributed by atoms with E-state index in [1.165, 1.54) is 0 Å². The van der Waals surface area contributed by atoms with Gasteiger partial charge in [0.25, 0.3) is 0 Å². The average Bonchev–Trinajstić information content (AvgIpc) is 3.23. The van der Waals surface area contributed by atoms with E-state index < -0.39 is 0 Å². The van der Waals surface area contributed by atoms with E-state index in [1.807, 2.05) is 48.9 Å². The molecular weight excluding hydrogens is 326 g/mol. The number of rotatable bonds is 4. The highest BCUT2D eigenvalue weighted by Crippen LogP contribution is 2.26. The number of carbonyl (C=O) groups is 1. The van der Waals surface area contributed by atoms with Crippen LogP contribution < -0.4 is 0 Å². The van der Waals surface area contributed by atoms with Crippen molar-refractivity contribution in [2.24, 2.45) is 11.3 Å². The third-order valence-corrected chi connectivity index (χ3v) is 4.82. The Kier molecular flexibility index (Phi) is 5.12. The molecule has 0 saturated carbocycles. The first-order valence-electron chi connectivity index (χ1n) is 9.39. The quantitative estimate of drug-likeness (QED) is 0.843. The molecule has 0 aliphatic carbocycles. The molecule has 0 spiro atoms. The van der Waals surface area contributed by atoms with Gasteiger partial charge in [-0.05, 0) is 32.6 Å². The van der Waals surface area contributed by atoms with Crippen molar-refractivity contribution in [3.63, 3.8) is 0 Å². The number of hydrogen-bond donors (Lipinski definition) is 0. The number of likely N-dealkylation sites (tertiary alicyclic amines) is 1. The first-order valence-corrected chi connectivity index (χ1v) is 9.39. The fourth-order valence-electron chi connectivity index (χ4n) is 3.35. The molecule has 140 valence electrons. The molecule has 3 heterocycles. The molecule has 3 rings (SSSR count). The van der Waals surface area contributed by atoms with E-state index in [0.717, 1.165) is 42.9 Å². The summed E-state index contributed by atoms with van der Waals surface area (Å²) in [7, 11) is 0. The Labute approximate surface area is 155 Å². The monoisotopic (exact) mass is 355 g/mol. The van der Waals surface area contributed by atoms with Crippen LogP contribution in [0.25, 0.3) is 11.3 Å². The number of nitrogens with zero attached hydrogens (tertiary/aromatic N) is 5. The summed E-state index contributed by atoms with van der Waals surface area (Å²) in [5.74, 6) is 0.685. The van der Waals surface area contributed by atoms with Crippen molar-refractivity contribution < 1.29 is 4.79 Å². The van der Waals surface area contributed by atoms with Gasteiger partial charge < -0.3 is 4.90 Å². The van der Waals surface area contributed by atoms with E-state index in [-0.39, 0.29) is 11.3 Å². The van der Waals surface area contributed by atoms with Crippen LogP contribution >= 0.6 is 0 Å². The second kappa shape index (κ2) is 7.17. The van der Waals surface area contributed by atoms with Crippen LogP contribution in [0.5, 0.6) is 0 Å². The summed E-state index contributed by atoms with van der Waals surface area (Å²) in [6.07, 6.45) is 9.36. The predicted octanol–water partition coefficient (Wildman–Crippen LogP) is 3.36. The van der Waals surface area contributed by atoms with Crippen molar-refractivity contribution in [3.8, 4) is 11.3 Å². The minimum Gasteiger partial charge on any atom is -0.342 e. The number of aromatic nitrogens is 4. The highest BCUT2D eigenvalue weighted by molar-refractivity contribution is 5.81. The molecule has 0 bridgehead atoms. The van der Waals surface area contributed by atoms with Crippen LogP contribution in [-0.4, -0.2) is 43.6 Å². The molecule has 1 aliphatic rings. The molecule has 1 amide bonds. The lowest BCUT2D eigenvalue weighted by atomic mass is 9.95. The lowest BCUT2D eigenvalue weighted by molar-refractivity contribution is -0.138. The van der Waals surface area contributed by atoms with Crippen LogP contribution in [0.3, 0.4) is 0 Å². The van der Waals surface area contributed by atoms with Gasteiger partial charge in [0.1, 0.15) is 0 Å². The van der Waals surface area contributed by atoms with Crippen molar-refractivity contribution in [1.29, 1.82) is 0 Å². The van der Waals surface area contributed by atoms with Crippen LogP contribution in [0.2, 0.25) is 0 Å². The van der Waals surface area contributed by atoms with E-state index in [2.05, 4.69) is 23.9 Å². The van der Waals surface area contributed by atoms with Crippen molar-refractivity contribution in [1.82, 2.24) is 24.6 Å². The standard InChI is InChI=1S/C20H29N5O/c1-14(2)25-13-16(9-22-25)18-11-21-10-17(23-18)8-15-6-7-24(12-15)19(26)20(3,4)5/h9-11,13-15H,6-8,12H2,1-5H3/t15-/m0/s1. The van der Waals surface area contributed by atoms with Gasteiger partial charge in [0.2, 0.25) is 5.91 Å². The highest BCUT2D eigenvalue weighted by Gasteiger charge is 2.32. The molecule has 2 aromatic heterocycles. The lowest BCUT2D eigenvalue weighted by Gasteiger charge is -2.25. The Bertz CT molecular complexity index is 775. The van der Waals surface area contributed by atoms with E-state index in [0.29, 0.717) is 12.0 Å². The largest absolute Gasteiger partial charge is 0.342 e. The Morgan fingerprint density at radius 1 is 1.27 bits per heavy atom. The van der Waals surface area contributed by atoms with Gasteiger partial charge in [-0.2, -0.15) is 5.10 Å². The van der Waals surface area contributed by atoms with E-state index in [4.69, 9.17) is 4.98 Å². The van der Waals surface area contributed by atoms with Gasteiger partial charge in [0, 0.05) is 42.5 Å². The Hall–Kier alpha value is -2.24. The molecule has 2 aromatic rings. The van der Waals surface area contributed by atoms with E-state index >= 15 is 0 Å². The van der Waals surface area contributed by atoms with Crippen LogP contribution in [-0.2, 0) is 11.2 Å². The van der Waals surface area contributed by atoms with Crippen molar-refractivity contribution in [3.05, 3.63) is 30.5 Å². The van der Waals surface area contributed by atoms with E-state index in [1.54, 1.807) is 6.20 Å². The fraction of sp³-hybridized carbons (Fsp3) is 0.600. The molecule has 1 aliphatic heterocycles. The Morgan fingerprint density at radius 2 is 2.04 bits per heavy atom. The average molecular weight is 355 g/mol. The zero-order chi connectivity index (χ0) is 18.9. The van der Waals surface area contributed by atoms with E-state index in [9.17, 15) is 4.79 Å². The molecule has 1 atom stereocenters. The van der Waals surface area contributed by atoms with Gasteiger partial charge >= 0.3 is 0 Å². The normalized spacial score (nSPS) is 17.9. The first kappa shape index (κ1) is 18.5. The molecule has 0 aromatic carbocycles. The second-order valence-corrected chi connectivity index (χ2v) is 8.56. The summed E-state index contributed by atoms with van der Waals surface area (Å²) >= 11 is 0. The topological polar surface area (TPSA) is 63.9 Å². The maximum atomic E-state index is 12.4. The van der Waals surface area contributed by atoms with Gasteiger partial charge in [-0.3, -0.25) is 14.5 Å². The third-order valence-electron chi connectivity index (χ3n) is 4.82. The lowest BCUT2D eigenvalue weighted by Crippen LogP contribution is -2.38. The third kappa shape index (κ3) is 4.11. The smallest absolute Gasteiger partial charge is 0.227 e. The molecule has 1 saturated heterocycles. The number of amides is 1. The van der Waals surface area contributed by atoms with Gasteiger partial charge in [0.05, 0.1) is 23.8 Å². The zero-order valence-corrected chi connectivity index (χ0v) is 16.4. The molecule has 6 heteroatoms.